The minimum Gasteiger partial charge on any atom is -0.478 e. The Morgan fingerprint density at radius 2 is 2.00 bits per heavy atom. The van der Waals surface area contributed by atoms with Gasteiger partial charge in [0.25, 0.3) is 0 Å². The van der Waals surface area contributed by atoms with Gasteiger partial charge in [0.05, 0.1) is 10.5 Å². The van der Waals surface area contributed by atoms with Crippen LogP contribution in [0.2, 0.25) is 5.02 Å². The van der Waals surface area contributed by atoms with Crippen molar-refractivity contribution in [3.8, 4) is 0 Å². The minimum absolute atomic E-state index is 0.0659. The molecule has 5 nitrogen and oxygen atoms in total. The van der Waals surface area contributed by atoms with Gasteiger partial charge >= 0.3 is 5.97 Å². The van der Waals surface area contributed by atoms with Gasteiger partial charge in [-0.15, -0.1) is 0 Å². The standard InChI is InChI=1S/C17H15ClFNO4S/c18-12-2-1-3-14(9-12)25(23,24)20-13-5-4-10-8-16(19)15(17(21)22)7-11(10)6-13/h1-3,7-9,13,20H,4-6H2,(H,21,22). The van der Waals surface area contributed by atoms with E-state index in [1.165, 1.54) is 24.3 Å². The second-order valence-electron chi connectivity index (χ2n) is 5.92. The van der Waals surface area contributed by atoms with Crippen LogP contribution in [0.4, 0.5) is 4.39 Å². The summed E-state index contributed by atoms with van der Waals surface area (Å²) in [6, 6.07) is 8.05. The van der Waals surface area contributed by atoms with Crippen LogP contribution in [-0.4, -0.2) is 25.5 Å². The zero-order chi connectivity index (χ0) is 18.2. The van der Waals surface area contributed by atoms with E-state index in [-0.39, 0.29) is 4.90 Å². The molecule has 1 aliphatic carbocycles. The summed E-state index contributed by atoms with van der Waals surface area (Å²) in [5, 5.41) is 9.35. The van der Waals surface area contributed by atoms with Crippen LogP contribution in [-0.2, 0) is 22.9 Å². The molecular weight excluding hydrogens is 369 g/mol. The van der Waals surface area contributed by atoms with Gasteiger partial charge in [0, 0.05) is 11.1 Å². The number of rotatable bonds is 4. The number of aryl methyl sites for hydroxylation is 1. The second kappa shape index (κ2) is 6.74. The Kier molecular flexibility index (Phi) is 4.81. The molecule has 1 unspecified atom stereocenters. The van der Waals surface area contributed by atoms with Crippen LogP contribution in [0.5, 0.6) is 0 Å². The number of benzene rings is 2. The van der Waals surface area contributed by atoms with Crippen molar-refractivity contribution in [2.45, 2.75) is 30.2 Å². The molecule has 0 saturated heterocycles. The predicted molar refractivity (Wildman–Crippen MR) is 90.9 cm³/mol. The average molecular weight is 384 g/mol. The molecule has 25 heavy (non-hydrogen) atoms. The molecule has 8 heteroatoms. The Balaban J connectivity index is 1.83. The van der Waals surface area contributed by atoms with E-state index in [1.807, 2.05) is 0 Å². The number of aromatic carboxylic acids is 1. The van der Waals surface area contributed by atoms with E-state index in [2.05, 4.69) is 4.72 Å². The van der Waals surface area contributed by atoms with Gasteiger partial charge in [-0.05, 0) is 60.7 Å². The van der Waals surface area contributed by atoms with Crippen LogP contribution < -0.4 is 4.72 Å². The van der Waals surface area contributed by atoms with Crippen LogP contribution in [0.3, 0.4) is 0 Å². The number of carboxylic acids is 1. The van der Waals surface area contributed by atoms with E-state index >= 15 is 0 Å². The van der Waals surface area contributed by atoms with Crippen molar-refractivity contribution in [2.75, 3.05) is 0 Å². The van der Waals surface area contributed by atoms with Crippen molar-refractivity contribution in [3.05, 3.63) is 63.9 Å². The highest BCUT2D eigenvalue weighted by Crippen LogP contribution is 2.26. The zero-order valence-electron chi connectivity index (χ0n) is 13.0. The van der Waals surface area contributed by atoms with Crippen LogP contribution in [0.25, 0.3) is 0 Å². The molecule has 0 amide bonds. The van der Waals surface area contributed by atoms with E-state index < -0.39 is 33.4 Å². The summed E-state index contributed by atoms with van der Waals surface area (Å²) in [6.07, 6.45) is 1.27. The maximum absolute atomic E-state index is 13.8. The number of carboxylic acid groups (broad SMARTS) is 1. The highest BCUT2D eigenvalue weighted by molar-refractivity contribution is 7.89. The summed E-state index contributed by atoms with van der Waals surface area (Å²) in [6.45, 7) is 0. The molecule has 1 aliphatic rings. The average Bonchev–Trinajstić information content (AvgIpc) is 2.54. The SMILES string of the molecule is O=C(O)c1cc2c(cc1F)CCC(NS(=O)(=O)c1cccc(Cl)c1)C2. The largest absolute Gasteiger partial charge is 0.478 e. The molecule has 132 valence electrons. The number of sulfonamides is 1. The normalized spacial score (nSPS) is 17.1. The van der Waals surface area contributed by atoms with Gasteiger partial charge in [-0.3, -0.25) is 0 Å². The van der Waals surface area contributed by atoms with E-state index in [1.54, 1.807) is 12.1 Å². The smallest absolute Gasteiger partial charge is 0.338 e. The fraction of sp³-hybridized carbons (Fsp3) is 0.235. The number of nitrogens with one attached hydrogen (secondary N) is 1. The van der Waals surface area contributed by atoms with Crippen molar-refractivity contribution in [1.29, 1.82) is 0 Å². The van der Waals surface area contributed by atoms with Gasteiger partial charge in [0.15, 0.2) is 0 Å². The lowest BCUT2D eigenvalue weighted by molar-refractivity contribution is 0.0691. The molecule has 0 radical (unpaired) electrons. The van der Waals surface area contributed by atoms with Crippen molar-refractivity contribution in [1.82, 2.24) is 4.72 Å². The topological polar surface area (TPSA) is 83.5 Å². The maximum Gasteiger partial charge on any atom is 0.338 e. The number of hydrogen-bond acceptors (Lipinski definition) is 3. The Labute approximate surface area is 149 Å². The third-order valence-corrected chi connectivity index (χ3v) is 5.93. The lowest BCUT2D eigenvalue weighted by atomic mass is 9.87. The third-order valence-electron chi connectivity index (χ3n) is 4.18. The fourth-order valence-corrected chi connectivity index (χ4v) is 4.54. The molecule has 2 N–H and O–H groups in total. The van der Waals surface area contributed by atoms with Gasteiger partial charge in [-0.2, -0.15) is 0 Å². The fourth-order valence-electron chi connectivity index (χ4n) is 2.97. The highest BCUT2D eigenvalue weighted by Gasteiger charge is 2.26. The maximum atomic E-state index is 13.8. The summed E-state index contributed by atoms with van der Waals surface area (Å²) >= 11 is 5.84. The molecule has 0 spiro atoms. The number of fused-ring (bicyclic) bond motifs is 1. The quantitative estimate of drug-likeness (QED) is 0.850. The number of hydrogen-bond donors (Lipinski definition) is 2. The van der Waals surface area contributed by atoms with Crippen molar-refractivity contribution in [3.63, 3.8) is 0 Å². The number of carbonyl (C=O) groups is 1. The van der Waals surface area contributed by atoms with E-state index in [0.717, 1.165) is 0 Å². The minimum atomic E-state index is -3.74. The highest BCUT2D eigenvalue weighted by atomic mass is 35.5. The Hall–Kier alpha value is -1.96. The molecule has 0 saturated carbocycles. The lowest BCUT2D eigenvalue weighted by Gasteiger charge is -2.26. The van der Waals surface area contributed by atoms with Crippen molar-refractivity contribution in [2.24, 2.45) is 0 Å². The molecule has 3 rings (SSSR count). The molecule has 0 aliphatic heterocycles. The predicted octanol–water partition coefficient (Wildman–Crippen LogP) is 3.01. The van der Waals surface area contributed by atoms with Gasteiger partial charge in [-0.1, -0.05) is 17.7 Å². The Bertz CT molecular complexity index is 946. The van der Waals surface area contributed by atoms with Gasteiger partial charge in [-0.25, -0.2) is 22.3 Å². The first-order valence-corrected chi connectivity index (χ1v) is 9.45. The molecule has 2 aromatic rings. The summed E-state index contributed by atoms with van der Waals surface area (Å²) < 4.78 is 41.3. The molecule has 0 bridgehead atoms. The first-order valence-electron chi connectivity index (χ1n) is 7.59. The molecule has 1 atom stereocenters. The Morgan fingerprint density at radius 1 is 1.24 bits per heavy atom. The molecule has 0 heterocycles. The molecule has 0 aromatic heterocycles. The first kappa shape index (κ1) is 17.8. The van der Waals surface area contributed by atoms with Crippen LogP contribution in [0, 0.1) is 5.82 Å². The lowest BCUT2D eigenvalue weighted by Crippen LogP contribution is -2.38. The van der Waals surface area contributed by atoms with E-state index in [9.17, 15) is 17.6 Å². The molecule has 2 aromatic carbocycles. The second-order valence-corrected chi connectivity index (χ2v) is 8.07. The van der Waals surface area contributed by atoms with Crippen LogP contribution >= 0.6 is 11.6 Å². The molecular formula is C17H15ClFNO4S. The zero-order valence-corrected chi connectivity index (χ0v) is 14.6. The van der Waals surface area contributed by atoms with Crippen LogP contribution in [0.15, 0.2) is 41.3 Å². The third kappa shape index (κ3) is 3.84. The van der Waals surface area contributed by atoms with Gasteiger partial charge in [0.2, 0.25) is 10.0 Å². The number of halogens is 2. The summed E-state index contributed by atoms with van der Waals surface area (Å²) in [5.41, 5.74) is 0.946. The van der Waals surface area contributed by atoms with Gasteiger partial charge < -0.3 is 5.11 Å². The van der Waals surface area contributed by atoms with Gasteiger partial charge in [0.1, 0.15) is 5.82 Å². The van der Waals surface area contributed by atoms with E-state index in [4.69, 9.17) is 16.7 Å². The van der Waals surface area contributed by atoms with Crippen molar-refractivity contribution < 1.29 is 22.7 Å². The Morgan fingerprint density at radius 3 is 2.68 bits per heavy atom. The summed E-state index contributed by atoms with van der Waals surface area (Å²) in [5.74, 6) is -2.12. The molecule has 0 fully saturated rings. The van der Waals surface area contributed by atoms with E-state index in [0.29, 0.717) is 35.4 Å². The van der Waals surface area contributed by atoms with Crippen molar-refractivity contribution >= 4 is 27.6 Å². The summed E-state index contributed by atoms with van der Waals surface area (Å²) in [4.78, 5) is 11.1. The first-order chi connectivity index (χ1) is 11.8. The van der Waals surface area contributed by atoms with Crippen LogP contribution in [0.1, 0.15) is 27.9 Å². The monoisotopic (exact) mass is 383 g/mol. The summed E-state index contributed by atoms with van der Waals surface area (Å²) in [7, 11) is -3.74.